The first kappa shape index (κ1) is 12.4. The van der Waals surface area contributed by atoms with Crippen LogP contribution in [-0.4, -0.2) is 11.1 Å². The Bertz CT molecular complexity index is 728. The smallest absolute Gasteiger partial charge is 0.311 e. The Hall–Kier alpha value is -2.62. The summed E-state index contributed by atoms with van der Waals surface area (Å²) in [5, 5.41) is 8.99. The molecule has 100 valence electrons. The average molecular weight is 270 g/mol. The number of hydrogen-bond donors (Lipinski definition) is 1. The molecule has 0 saturated heterocycles. The number of halogens is 1. The number of rotatable bonds is 3. The molecule has 20 heavy (non-hydrogen) atoms. The van der Waals surface area contributed by atoms with Gasteiger partial charge in [0.15, 0.2) is 0 Å². The Morgan fingerprint density at radius 2 is 1.85 bits per heavy atom. The SMILES string of the molecule is O=C(O)Cc1oc2cccc-2cc1-c1ccc(F)cc1. The van der Waals surface area contributed by atoms with Crippen molar-refractivity contribution in [1.82, 2.24) is 0 Å². The van der Waals surface area contributed by atoms with Crippen LogP contribution in [0.15, 0.2) is 52.9 Å². The van der Waals surface area contributed by atoms with Gasteiger partial charge in [0.1, 0.15) is 23.8 Å². The van der Waals surface area contributed by atoms with Crippen LogP contribution in [0.5, 0.6) is 0 Å². The van der Waals surface area contributed by atoms with Gasteiger partial charge < -0.3 is 9.52 Å². The predicted molar refractivity (Wildman–Crippen MR) is 72.1 cm³/mol. The van der Waals surface area contributed by atoms with Crippen LogP contribution in [0.3, 0.4) is 0 Å². The molecule has 2 aliphatic rings. The minimum atomic E-state index is -0.969. The molecule has 0 bridgehead atoms. The molecule has 1 aliphatic carbocycles. The van der Waals surface area contributed by atoms with E-state index in [2.05, 4.69) is 0 Å². The zero-order chi connectivity index (χ0) is 14.1. The highest BCUT2D eigenvalue weighted by molar-refractivity contribution is 5.78. The fraction of sp³-hybridized carbons (Fsp3) is 0.0625. The molecule has 1 aliphatic heterocycles. The largest absolute Gasteiger partial charge is 0.481 e. The van der Waals surface area contributed by atoms with E-state index in [0.29, 0.717) is 17.1 Å². The number of carboxylic acids is 1. The lowest BCUT2D eigenvalue weighted by atomic mass is 10.0. The zero-order valence-electron chi connectivity index (χ0n) is 10.5. The standard InChI is InChI=1S/C16H11FO3/c17-12-6-4-10(5-7-12)13-8-11-2-1-3-14(11)20-15(13)9-16(18)19/h1-8H,9H2,(H,18,19). The second-order valence-corrected chi connectivity index (χ2v) is 4.51. The van der Waals surface area contributed by atoms with Crippen LogP contribution < -0.4 is 0 Å². The summed E-state index contributed by atoms with van der Waals surface area (Å²) in [5.74, 6) is -0.294. The third kappa shape index (κ3) is 2.28. The number of aliphatic carboxylic acids is 1. The van der Waals surface area contributed by atoms with Crippen LogP contribution >= 0.6 is 0 Å². The molecule has 0 unspecified atom stereocenters. The summed E-state index contributed by atoms with van der Waals surface area (Å²) >= 11 is 0. The Labute approximate surface area is 114 Å². The van der Waals surface area contributed by atoms with Crippen LogP contribution in [0, 0.1) is 5.82 Å². The number of benzene rings is 1. The number of carbonyl (C=O) groups is 1. The molecule has 1 N–H and O–H groups in total. The van der Waals surface area contributed by atoms with Gasteiger partial charge in [-0.15, -0.1) is 0 Å². The van der Waals surface area contributed by atoms with Gasteiger partial charge in [-0.1, -0.05) is 24.3 Å². The highest BCUT2D eigenvalue weighted by atomic mass is 19.1. The summed E-state index contributed by atoms with van der Waals surface area (Å²) < 4.78 is 18.7. The number of carboxylic acid groups (broad SMARTS) is 1. The molecule has 0 saturated carbocycles. The van der Waals surface area contributed by atoms with Gasteiger partial charge in [-0.3, -0.25) is 4.79 Å². The van der Waals surface area contributed by atoms with Gasteiger partial charge >= 0.3 is 5.97 Å². The van der Waals surface area contributed by atoms with E-state index in [9.17, 15) is 9.18 Å². The molecule has 0 aromatic heterocycles. The van der Waals surface area contributed by atoms with E-state index in [-0.39, 0.29) is 12.2 Å². The monoisotopic (exact) mass is 270 g/mol. The minimum Gasteiger partial charge on any atom is -0.481 e. The van der Waals surface area contributed by atoms with E-state index >= 15 is 0 Å². The maximum absolute atomic E-state index is 13.0. The van der Waals surface area contributed by atoms with Crippen LogP contribution in [-0.2, 0) is 11.2 Å². The molecule has 1 aromatic rings. The highest BCUT2D eigenvalue weighted by Crippen LogP contribution is 2.33. The summed E-state index contributed by atoms with van der Waals surface area (Å²) in [6.07, 6.45) is -0.214. The summed E-state index contributed by atoms with van der Waals surface area (Å²) in [6, 6.07) is 13.3. The van der Waals surface area contributed by atoms with Crippen molar-refractivity contribution in [2.75, 3.05) is 0 Å². The van der Waals surface area contributed by atoms with Crippen molar-refractivity contribution < 1.29 is 18.7 Å². The molecule has 0 atom stereocenters. The minimum absolute atomic E-state index is 0.214. The second-order valence-electron chi connectivity index (χ2n) is 4.51. The molecule has 0 fully saturated rings. The van der Waals surface area contributed by atoms with Crippen LogP contribution in [0.4, 0.5) is 4.39 Å². The second kappa shape index (κ2) is 4.81. The van der Waals surface area contributed by atoms with E-state index in [1.807, 2.05) is 18.2 Å². The van der Waals surface area contributed by atoms with Gasteiger partial charge in [0.05, 0.1) is 0 Å². The first-order chi connectivity index (χ1) is 9.63. The molecule has 4 heteroatoms. The summed E-state index contributed by atoms with van der Waals surface area (Å²) in [7, 11) is 0. The zero-order valence-corrected chi connectivity index (χ0v) is 10.5. The van der Waals surface area contributed by atoms with Gasteiger partial charge in [-0.2, -0.15) is 0 Å². The van der Waals surface area contributed by atoms with Crippen molar-refractivity contribution in [3.8, 4) is 22.5 Å². The topological polar surface area (TPSA) is 50.4 Å². The molecule has 0 spiro atoms. The van der Waals surface area contributed by atoms with E-state index in [4.69, 9.17) is 9.52 Å². The van der Waals surface area contributed by atoms with Crippen molar-refractivity contribution in [2.24, 2.45) is 0 Å². The van der Waals surface area contributed by atoms with E-state index in [0.717, 1.165) is 11.1 Å². The van der Waals surface area contributed by atoms with Crippen molar-refractivity contribution in [2.45, 2.75) is 6.42 Å². The van der Waals surface area contributed by atoms with E-state index in [1.165, 1.54) is 12.1 Å². The van der Waals surface area contributed by atoms with Crippen LogP contribution in [0.2, 0.25) is 0 Å². The normalized spacial score (nSPS) is 10.8. The van der Waals surface area contributed by atoms with Gasteiger partial charge in [0.25, 0.3) is 0 Å². The van der Waals surface area contributed by atoms with Crippen LogP contribution in [0.1, 0.15) is 5.76 Å². The average Bonchev–Trinajstić information content (AvgIpc) is 2.85. The number of hydrogen-bond acceptors (Lipinski definition) is 2. The summed E-state index contributed by atoms with van der Waals surface area (Å²) in [4.78, 5) is 11.0. The lowest BCUT2D eigenvalue weighted by molar-refractivity contribution is -0.136. The van der Waals surface area contributed by atoms with Gasteiger partial charge in [-0.05, 0) is 29.8 Å². The highest BCUT2D eigenvalue weighted by Gasteiger charge is 2.16. The fourth-order valence-corrected chi connectivity index (χ4v) is 2.20. The third-order valence-electron chi connectivity index (χ3n) is 3.11. The first-order valence-corrected chi connectivity index (χ1v) is 6.12. The Kier molecular flexibility index (Phi) is 2.99. The Balaban J connectivity index is 2.18. The van der Waals surface area contributed by atoms with Gasteiger partial charge in [0.2, 0.25) is 0 Å². The van der Waals surface area contributed by atoms with Gasteiger partial charge in [0, 0.05) is 11.1 Å². The molecule has 1 aromatic carbocycles. The predicted octanol–water partition coefficient (Wildman–Crippen LogP) is 3.82. The molecule has 3 nitrogen and oxygen atoms in total. The van der Waals surface area contributed by atoms with Crippen molar-refractivity contribution in [1.29, 1.82) is 0 Å². The molecular formula is C16H11FO3. The summed E-state index contributed by atoms with van der Waals surface area (Å²) in [5.41, 5.74) is 2.29. The van der Waals surface area contributed by atoms with Crippen LogP contribution in [0.25, 0.3) is 22.5 Å². The Morgan fingerprint density at radius 1 is 1.10 bits per heavy atom. The quantitative estimate of drug-likeness (QED) is 0.787. The fourth-order valence-electron chi connectivity index (χ4n) is 2.20. The number of fused-ring (bicyclic) bond motifs is 1. The maximum atomic E-state index is 13.0. The van der Waals surface area contributed by atoms with Crippen molar-refractivity contribution in [3.05, 3.63) is 60.1 Å². The maximum Gasteiger partial charge on any atom is 0.311 e. The third-order valence-corrected chi connectivity index (χ3v) is 3.11. The lowest BCUT2D eigenvalue weighted by Gasteiger charge is -2.10. The van der Waals surface area contributed by atoms with E-state index in [1.54, 1.807) is 18.2 Å². The molecular weight excluding hydrogens is 259 g/mol. The molecule has 0 amide bonds. The van der Waals surface area contributed by atoms with Gasteiger partial charge in [-0.25, -0.2) is 4.39 Å². The van der Waals surface area contributed by atoms with Crippen molar-refractivity contribution in [3.63, 3.8) is 0 Å². The van der Waals surface area contributed by atoms with E-state index < -0.39 is 5.97 Å². The summed E-state index contributed by atoms with van der Waals surface area (Å²) in [6.45, 7) is 0. The first-order valence-electron chi connectivity index (χ1n) is 6.12. The Morgan fingerprint density at radius 3 is 2.55 bits per heavy atom. The molecule has 0 radical (unpaired) electrons. The lowest BCUT2D eigenvalue weighted by Crippen LogP contribution is -2.02. The molecule has 1 heterocycles. The van der Waals surface area contributed by atoms with Crippen molar-refractivity contribution >= 4 is 5.97 Å². The molecule has 3 rings (SSSR count).